The Bertz CT molecular complexity index is 1260. The van der Waals surface area contributed by atoms with Crippen LogP contribution >= 0.6 is 0 Å². The Kier molecular flexibility index (Phi) is 9.10. The van der Waals surface area contributed by atoms with Gasteiger partial charge in [0.1, 0.15) is 17.4 Å². The molecule has 3 aromatic rings. The van der Waals surface area contributed by atoms with Crippen LogP contribution in [-0.2, 0) is 6.54 Å². The maximum absolute atomic E-state index is 15.1. The number of aliphatic hydroxyl groups is 1. The first kappa shape index (κ1) is 27.3. The number of anilines is 1. The van der Waals surface area contributed by atoms with E-state index in [9.17, 15) is 5.11 Å². The Balaban J connectivity index is 1.53. The molecule has 38 heavy (non-hydrogen) atoms. The molecule has 6 nitrogen and oxygen atoms in total. The highest BCUT2D eigenvalue weighted by Crippen LogP contribution is 2.33. The molecular formula is C30H34F2N4O2. The highest BCUT2D eigenvalue weighted by molar-refractivity contribution is 5.81. The molecule has 0 amide bonds. The SMILES string of the molecule is C=C1CCCN1c1ccc(N=C(N)Oc2ccccc2-c2cc(F)c(CN(CCC)CCO)c(F)c2)cc1. The minimum atomic E-state index is -0.656. The summed E-state index contributed by atoms with van der Waals surface area (Å²) < 4.78 is 35.9. The number of para-hydroxylation sites is 1. The first-order valence-corrected chi connectivity index (χ1v) is 12.9. The van der Waals surface area contributed by atoms with Gasteiger partial charge in [-0.05, 0) is 73.8 Å². The van der Waals surface area contributed by atoms with Crippen LogP contribution in [0.2, 0.25) is 0 Å². The second-order valence-corrected chi connectivity index (χ2v) is 9.30. The van der Waals surface area contributed by atoms with Crippen molar-refractivity contribution in [2.75, 3.05) is 31.1 Å². The molecule has 200 valence electrons. The molecule has 0 bridgehead atoms. The molecule has 1 aliphatic heterocycles. The Hall–Kier alpha value is -3.75. The number of hydrogen-bond donors (Lipinski definition) is 2. The third-order valence-electron chi connectivity index (χ3n) is 6.52. The normalized spacial score (nSPS) is 14.0. The largest absolute Gasteiger partial charge is 0.425 e. The van der Waals surface area contributed by atoms with Crippen molar-refractivity contribution in [3.8, 4) is 16.9 Å². The van der Waals surface area contributed by atoms with Gasteiger partial charge in [0.25, 0.3) is 6.02 Å². The van der Waals surface area contributed by atoms with Crippen LogP contribution in [0.25, 0.3) is 11.1 Å². The van der Waals surface area contributed by atoms with Crippen molar-refractivity contribution in [1.29, 1.82) is 0 Å². The topological polar surface area (TPSA) is 74.3 Å². The predicted octanol–water partition coefficient (Wildman–Crippen LogP) is 5.98. The van der Waals surface area contributed by atoms with Gasteiger partial charge in [-0.3, -0.25) is 4.90 Å². The van der Waals surface area contributed by atoms with Crippen molar-refractivity contribution in [2.45, 2.75) is 32.7 Å². The van der Waals surface area contributed by atoms with E-state index >= 15 is 8.78 Å². The third-order valence-corrected chi connectivity index (χ3v) is 6.52. The fraction of sp³-hybridized carbons (Fsp3) is 0.300. The molecule has 3 aromatic carbocycles. The molecule has 3 N–H and O–H groups in total. The van der Waals surface area contributed by atoms with Gasteiger partial charge in [-0.1, -0.05) is 31.7 Å². The van der Waals surface area contributed by atoms with Crippen LogP contribution in [0.5, 0.6) is 5.75 Å². The summed E-state index contributed by atoms with van der Waals surface area (Å²) >= 11 is 0. The summed E-state index contributed by atoms with van der Waals surface area (Å²) in [5.41, 5.74) is 9.65. The number of amidine groups is 1. The second-order valence-electron chi connectivity index (χ2n) is 9.30. The van der Waals surface area contributed by atoms with Crippen molar-refractivity contribution in [1.82, 2.24) is 4.90 Å². The van der Waals surface area contributed by atoms with Crippen molar-refractivity contribution < 1.29 is 18.6 Å². The van der Waals surface area contributed by atoms with Crippen molar-refractivity contribution in [2.24, 2.45) is 10.7 Å². The van der Waals surface area contributed by atoms with Gasteiger partial charge >= 0.3 is 0 Å². The van der Waals surface area contributed by atoms with Gasteiger partial charge in [-0.15, -0.1) is 0 Å². The van der Waals surface area contributed by atoms with Gasteiger partial charge in [0.15, 0.2) is 0 Å². The maximum atomic E-state index is 15.1. The van der Waals surface area contributed by atoms with Crippen LogP contribution < -0.4 is 15.4 Å². The standard InChI is InChI=1S/C30H34F2N4O2/c1-3-14-35(16-17-37)20-26-27(31)18-22(19-28(26)32)25-8-4-5-9-29(25)38-30(33)34-23-10-12-24(13-11-23)36-15-6-7-21(36)2/h4-5,8-13,18-19,37H,2-3,6-7,14-17,20H2,1H3,(H2,33,34). The number of aliphatic imine (C=N–C) groups is 1. The molecule has 1 aliphatic rings. The molecular weight excluding hydrogens is 486 g/mol. The lowest BCUT2D eigenvalue weighted by Gasteiger charge is -2.21. The molecule has 0 radical (unpaired) electrons. The first-order valence-electron chi connectivity index (χ1n) is 12.9. The van der Waals surface area contributed by atoms with E-state index < -0.39 is 11.6 Å². The number of allylic oxidation sites excluding steroid dienone is 1. The predicted molar refractivity (Wildman–Crippen MR) is 149 cm³/mol. The summed E-state index contributed by atoms with van der Waals surface area (Å²) in [6.45, 7) is 8.02. The Morgan fingerprint density at radius 2 is 1.82 bits per heavy atom. The number of nitrogens with two attached hydrogens (primary N) is 1. The Labute approximate surface area is 222 Å². The van der Waals surface area contributed by atoms with Gasteiger partial charge in [0, 0.05) is 42.1 Å². The Morgan fingerprint density at radius 3 is 2.45 bits per heavy atom. The van der Waals surface area contributed by atoms with Crippen molar-refractivity contribution in [3.05, 3.63) is 90.1 Å². The number of nitrogens with zero attached hydrogens (tertiary/aromatic N) is 3. The summed E-state index contributed by atoms with van der Waals surface area (Å²) in [5.74, 6) is -0.981. The lowest BCUT2D eigenvalue weighted by atomic mass is 10.0. The van der Waals surface area contributed by atoms with E-state index in [0.29, 0.717) is 35.7 Å². The van der Waals surface area contributed by atoms with E-state index in [1.807, 2.05) is 36.1 Å². The average molecular weight is 521 g/mol. The third kappa shape index (κ3) is 6.57. The van der Waals surface area contributed by atoms with Crippen molar-refractivity contribution >= 4 is 17.4 Å². The molecule has 1 saturated heterocycles. The van der Waals surface area contributed by atoms with Crippen LogP contribution in [0.1, 0.15) is 31.7 Å². The minimum Gasteiger partial charge on any atom is -0.425 e. The molecule has 0 saturated carbocycles. The molecule has 0 spiro atoms. The fourth-order valence-electron chi connectivity index (χ4n) is 4.67. The highest BCUT2D eigenvalue weighted by atomic mass is 19.1. The summed E-state index contributed by atoms with van der Waals surface area (Å²) in [5, 5.41) is 9.27. The number of ether oxygens (including phenoxy) is 1. The molecule has 0 aromatic heterocycles. The molecule has 1 heterocycles. The molecule has 8 heteroatoms. The van der Waals surface area contributed by atoms with Gasteiger partial charge in [-0.25, -0.2) is 8.78 Å². The average Bonchev–Trinajstić information content (AvgIpc) is 3.33. The second kappa shape index (κ2) is 12.7. The summed E-state index contributed by atoms with van der Waals surface area (Å²) in [6.07, 6.45) is 2.90. The Morgan fingerprint density at radius 1 is 1.11 bits per heavy atom. The quantitative estimate of drug-likeness (QED) is 0.254. The zero-order valence-electron chi connectivity index (χ0n) is 21.7. The minimum absolute atomic E-state index is 0.0314. The van der Waals surface area contributed by atoms with Crippen LogP contribution in [0.4, 0.5) is 20.2 Å². The zero-order valence-corrected chi connectivity index (χ0v) is 21.7. The van der Waals surface area contributed by atoms with Crippen molar-refractivity contribution in [3.63, 3.8) is 0 Å². The number of halogens is 2. The smallest absolute Gasteiger partial charge is 0.292 e. The summed E-state index contributed by atoms with van der Waals surface area (Å²) in [6, 6.07) is 17.0. The van der Waals surface area contributed by atoms with Gasteiger partial charge in [0.05, 0.1) is 12.3 Å². The van der Waals surface area contributed by atoms with E-state index in [2.05, 4.69) is 16.5 Å². The van der Waals surface area contributed by atoms with Crippen LogP contribution in [-0.4, -0.2) is 42.3 Å². The zero-order chi connectivity index (χ0) is 27.1. The molecule has 1 fully saturated rings. The number of aliphatic hydroxyl groups excluding tert-OH is 1. The van der Waals surface area contributed by atoms with Crippen LogP contribution in [0, 0.1) is 11.6 Å². The number of benzene rings is 3. The van der Waals surface area contributed by atoms with Gasteiger partial charge in [0.2, 0.25) is 0 Å². The summed E-state index contributed by atoms with van der Waals surface area (Å²) in [4.78, 5) is 8.35. The summed E-state index contributed by atoms with van der Waals surface area (Å²) in [7, 11) is 0. The van der Waals surface area contributed by atoms with Crippen LogP contribution in [0.15, 0.2) is 77.9 Å². The lowest BCUT2D eigenvalue weighted by molar-refractivity contribution is 0.187. The lowest BCUT2D eigenvalue weighted by Crippen LogP contribution is -2.28. The van der Waals surface area contributed by atoms with E-state index in [-0.39, 0.29) is 24.7 Å². The first-order chi connectivity index (χ1) is 18.4. The number of hydrogen-bond acceptors (Lipinski definition) is 5. The monoisotopic (exact) mass is 520 g/mol. The highest BCUT2D eigenvalue weighted by Gasteiger charge is 2.18. The number of rotatable bonds is 10. The van der Waals surface area contributed by atoms with E-state index in [0.717, 1.165) is 37.2 Å². The molecule has 4 rings (SSSR count). The van der Waals surface area contributed by atoms with E-state index in [1.165, 1.54) is 12.1 Å². The fourth-order valence-corrected chi connectivity index (χ4v) is 4.67. The maximum Gasteiger partial charge on any atom is 0.292 e. The van der Waals surface area contributed by atoms with Crippen LogP contribution in [0.3, 0.4) is 0 Å². The van der Waals surface area contributed by atoms with Gasteiger partial charge in [-0.2, -0.15) is 4.99 Å². The molecule has 0 atom stereocenters. The molecule has 0 aliphatic carbocycles. The van der Waals surface area contributed by atoms with Gasteiger partial charge < -0.3 is 20.5 Å². The van der Waals surface area contributed by atoms with E-state index in [1.54, 1.807) is 24.3 Å². The van der Waals surface area contributed by atoms with E-state index in [4.69, 9.17) is 10.5 Å². The molecule has 0 unspecified atom stereocenters.